The first-order valence-corrected chi connectivity index (χ1v) is 11.4. The van der Waals surface area contributed by atoms with Gasteiger partial charge in [-0.2, -0.15) is 0 Å². The molecule has 0 spiro atoms. The van der Waals surface area contributed by atoms with Crippen molar-refractivity contribution in [3.63, 3.8) is 0 Å². The van der Waals surface area contributed by atoms with E-state index in [9.17, 15) is 0 Å². The van der Waals surface area contributed by atoms with Crippen LogP contribution in [0.5, 0.6) is 0 Å². The van der Waals surface area contributed by atoms with Crippen molar-refractivity contribution in [1.29, 1.82) is 0 Å². The summed E-state index contributed by atoms with van der Waals surface area (Å²) in [4.78, 5) is 12.1. The summed E-state index contributed by atoms with van der Waals surface area (Å²) in [6.07, 6.45) is 4.51. The van der Waals surface area contributed by atoms with Crippen LogP contribution < -0.4 is 5.32 Å². The van der Waals surface area contributed by atoms with Gasteiger partial charge >= 0.3 is 0 Å². The third-order valence-corrected chi connectivity index (χ3v) is 7.19. The second-order valence-corrected chi connectivity index (χ2v) is 9.57. The molecular formula is C19H27N3O2S2. The average molecular weight is 394 g/mol. The molecule has 2 aliphatic heterocycles. The fraction of sp³-hybridized carbons (Fsp3) is 0.684. The maximum atomic E-state index is 6.15. The number of anilines is 1. The highest BCUT2D eigenvalue weighted by atomic mass is 32.2. The number of nitrogens with one attached hydrogen (secondary N) is 1. The fourth-order valence-corrected chi connectivity index (χ4v) is 5.35. The van der Waals surface area contributed by atoms with Crippen LogP contribution in [0.3, 0.4) is 0 Å². The molecule has 0 bridgehead atoms. The number of ether oxygens (including phenoxy) is 2. The van der Waals surface area contributed by atoms with Crippen LogP contribution in [0, 0.1) is 0 Å². The molecule has 0 aliphatic carbocycles. The average Bonchev–Trinajstić information content (AvgIpc) is 3.27. The molecule has 2 aromatic rings. The van der Waals surface area contributed by atoms with Gasteiger partial charge in [0, 0.05) is 24.4 Å². The minimum Gasteiger partial charge on any atom is -0.376 e. The topological polar surface area (TPSA) is 56.3 Å². The molecule has 2 aliphatic rings. The molecule has 0 radical (unpaired) electrons. The Morgan fingerprint density at radius 3 is 2.96 bits per heavy atom. The van der Waals surface area contributed by atoms with Crippen molar-refractivity contribution in [3.05, 3.63) is 10.4 Å². The van der Waals surface area contributed by atoms with Gasteiger partial charge < -0.3 is 14.8 Å². The molecule has 0 amide bonds. The number of nitrogens with zero attached hydrogens (tertiary/aromatic N) is 2. The van der Waals surface area contributed by atoms with E-state index in [1.165, 1.54) is 15.8 Å². The van der Waals surface area contributed by atoms with Gasteiger partial charge in [0.2, 0.25) is 0 Å². The highest BCUT2D eigenvalue weighted by Crippen LogP contribution is 2.42. The molecular weight excluding hydrogens is 366 g/mol. The second-order valence-electron chi connectivity index (χ2n) is 7.26. The summed E-state index contributed by atoms with van der Waals surface area (Å²) in [6, 6.07) is 0. The number of aromatic nitrogens is 2. The smallest absolute Gasteiger partial charge is 0.190 e. The zero-order chi connectivity index (χ0) is 18.1. The van der Waals surface area contributed by atoms with E-state index in [1.807, 2.05) is 0 Å². The van der Waals surface area contributed by atoms with Gasteiger partial charge in [0.15, 0.2) is 5.16 Å². The Morgan fingerprint density at radius 2 is 2.23 bits per heavy atom. The lowest BCUT2D eigenvalue weighted by atomic mass is 9.90. The number of thiophene rings is 1. The van der Waals surface area contributed by atoms with Crippen molar-refractivity contribution < 1.29 is 9.47 Å². The number of thioether (sulfide) groups is 1. The van der Waals surface area contributed by atoms with Crippen molar-refractivity contribution in [1.82, 2.24) is 9.97 Å². The Hall–Kier alpha value is -0.890. The molecule has 5 nitrogen and oxygen atoms in total. The van der Waals surface area contributed by atoms with E-state index in [-0.39, 0.29) is 5.60 Å². The zero-order valence-electron chi connectivity index (χ0n) is 15.8. The van der Waals surface area contributed by atoms with Gasteiger partial charge in [0.05, 0.1) is 23.7 Å². The van der Waals surface area contributed by atoms with E-state index in [0.29, 0.717) is 12.7 Å². The van der Waals surface area contributed by atoms with Gasteiger partial charge in [-0.05, 0) is 37.5 Å². The number of fused-ring (bicyclic) bond motifs is 3. The lowest BCUT2D eigenvalue weighted by Crippen LogP contribution is -2.34. The summed E-state index contributed by atoms with van der Waals surface area (Å²) < 4.78 is 11.9. The lowest BCUT2D eigenvalue weighted by molar-refractivity contribution is -0.0542. The second kappa shape index (κ2) is 7.62. The molecule has 1 N–H and O–H groups in total. The van der Waals surface area contributed by atoms with E-state index in [2.05, 4.69) is 26.1 Å². The standard InChI is InChI=1S/C19H27N3O2S2/c1-4-19(3)9-13-14(11-24-19)26-17-15(13)16(21-18(22-17)25-5-2)20-10-12-7-6-8-23-12/h12H,4-11H2,1-3H3,(H,20,21,22)/t12-,19-/m1/s1. The highest BCUT2D eigenvalue weighted by Gasteiger charge is 2.33. The van der Waals surface area contributed by atoms with Crippen LogP contribution in [-0.2, 0) is 22.5 Å². The summed E-state index contributed by atoms with van der Waals surface area (Å²) in [5.74, 6) is 1.94. The van der Waals surface area contributed by atoms with Gasteiger partial charge in [-0.1, -0.05) is 25.6 Å². The summed E-state index contributed by atoms with van der Waals surface area (Å²) in [7, 11) is 0. The van der Waals surface area contributed by atoms with Crippen LogP contribution in [0.4, 0.5) is 5.82 Å². The minimum atomic E-state index is -0.0936. The number of rotatable bonds is 6. The van der Waals surface area contributed by atoms with E-state index in [4.69, 9.17) is 19.4 Å². The molecule has 1 saturated heterocycles. The fourth-order valence-electron chi connectivity index (χ4n) is 3.62. The minimum absolute atomic E-state index is 0.0936. The van der Waals surface area contributed by atoms with Gasteiger partial charge in [-0.25, -0.2) is 9.97 Å². The van der Waals surface area contributed by atoms with Crippen LogP contribution >= 0.6 is 23.1 Å². The van der Waals surface area contributed by atoms with Crippen molar-refractivity contribution in [2.24, 2.45) is 0 Å². The van der Waals surface area contributed by atoms with Gasteiger partial charge in [0.1, 0.15) is 10.6 Å². The first-order valence-electron chi connectivity index (χ1n) is 9.56. The predicted molar refractivity (Wildman–Crippen MR) is 108 cm³/mol. The number of hydrogen-bond acceptors (Lipinski definition) is 7. The third-order valence-electron chi connectivity index (χ3n) is 5.36. The molecule has 2 atom stereocenters. The first-order chi connectivity index (χ1) is 12.6. The van der Waals surface area contributed by atoms with Gasteiger partial charge in [-0.3, -0.25) is 0 Å². The molecule has 0 saturated carbocycles. The molecule has 0 aromatic carbocycles. The maximum absolute atomic E-state index is 6.15. The van der Waals surface area contributed by atoms with E-state index >= 15 is 0 Å². The first kappa shape index (κ1) is 18.5. The third kappa shape index (κ3) is 3.59. The predicted octanol–water partition coefficient (Wildman–Crippen LogP) is 4.64. The van der Waals surface area contributed by atoms with E-state index in [1.54, 1.807) is 23.1 Å². The van der Waals surface area contributed by atoms with Crippen LogP contribution in [0.25, 0.3) is 10.2 Å². The normalized spacial score (nSPS) is 25.6. The largest absolute Gasteiger partial charge is 0.376 e. The molecule has 26 heavy (non-hydrogen) atoms. The van der Waals surface area contributed by atoms with Crippen molar-refractivity contribution >= 4 is 39.1 Å². The maximum Gasteiger partial charge on any atom is 0.190 e. The highest BCUT2D eigenvalue weighted by molar-refractivity contribution is 7.99. The van der Waals surface area contributed by atoms with Crippen LogP contribution in [0.2, 0.25) is 0 Å². The van der Waals surface area contributed by atoms with Crippen LogP contribution in [0.1, 0.15) is 50.5 Å². The summed E-state index contributed by atoms with van der Waals surface area (Å²) in [5, 5.41) is 5.64. The SMILES string of the molecule is CCSc1nc(NC[C@H]2CCCO2)c2c3c(sc2n1)CO[C@](C)(CC)C3. The molecule has 2 aromatic heterocycles. The summed E-state index contributed by atoms with van der Waals surface area (Å²) in [6.45, 7) is 8.92. The van der Waals surface area contributed by atoms with Gasteiger partial charge in [-0.15, -0.1) is 11.3 Å². The van der Waals surface area contributed by atoms with Crippen LogP contribution in [-0.4, -0.2) is 40.6 Å². The Kier molecular flexibility index (Phi) is 5.41. The monoisotopic (exact) mass is 393 g/mol. The Bertz CT molecular complexity index is 789. The molecule has 0 unspecified atom stereocenters. The number of hydrogen-bond donors (Lipinski definition) is 1. The molecule has 1 fully saturated rings. The summed E-state index contributed by atoms with van der Waals surface area (Å²) in [5.41, 5.74) is 1.28. The zero-order valence-corrected chi connectivity index (χ0v) is 17.4. The Labute approximate surface area is 163 Å². The molecule has 7 heteroatoms. The molecule has 4 rings (SSSR count). The van der Waals surface area contributed by atoms with Crippen molar-refractivity contribution in [2.45, 2.75) is 69.9 Å². The summed E-state index contributed by atoms with van der Waals surface area (Å²) >= 11 is 3.46. The Balaban J connectivity index is 1.72. The molecule has 4 heterocycles. The van der Waals surface area contributed by atoms with Crippen LogP contribution in [0.15, 0.2) is 5.16 Å². The van der Waals surface area contributed by atoms with E-state index in [0.717, 1.165) is 60.4 Å². The van der Waals surface area contributed by atoms with Gasteiger partial charge in [0.25, 0.3) is 0 Å². The van der Waals surface area contributed by atoms with Crippen molar-refractivity contribution in [3.8, 4) is 0 Å². The molecule has 142 valence electrons. The van der Waals surface area contributed by atoms with Crippen molar-refractivity contribution in [2.75, 3.05) is 24.2 Å². The lowest BCUT2D eigenvalue weighted by Gasteiger charge is -2.33. The van der Waals surface area contributed by atoms with E-state index < -0.39 is 0 Å². The quantitative estimate of drug-likeness (QED) is 0.570. The Morgan fingerprint density at radius 1 is 1.35 bits per heavy atom.